The summed E-state index contributed by atoms with van der Waals surface area (Å²) in [5.74, 6) is 2.65. The Bertz CT molecular complexity index is 1200. The molecule has 0 radical (unpaired) electrons. The van der Waals surface area contributed by atoms with E-state index in [2.05, 4.69) is 134 Å². The Morgan fingerprint density at radius 1 is 0.524 bits per heavy atom. The van der Waals surface area contributed by atoms with Crippen LogP contribution >= 0.6 is 23.2 Å². The van der Waals surface area contributed by atoms with Gasteiger partial charge in [-0.05, 0) is 100 Å². The number of hydrogen-bond donors (Lipinski definition) is 0. The fourth-order valence-electron chi connectivity index (χ4n) is 6.72. The van der Waals surface area contributed by atoms with Crippen molar-refractivity contribution in [3.63, 3.8) is 0 Å². The molecule has 0 saturated heterocycles. The highest BCUT2D eigenvalue weighted by Gasteiger charge is 2.36. The molecule has 0 nitrogen and oxygen atoms in total. The molecule has 0 spiro atoms. The van der Waals surface area contributed by atoms with Gasteiger partial charge in [0, 0.05) is 11.8 Å². The van der Waals surface area contributed by atoms with Crippen molar-refractivity contribution >= 4 is 23.2 Å². The molecule has 42 heavy (non-hydrogen) atoms. The topological polar surface area (TPSA) is 0 Å². The summed E-state index contributed by atoms with van der Waals surface area (Å²) in [4.78, 5) is 0. The van der Waals surface area contributed by atoms with Gasteiger partial charge in [-0.15, -0.1) is 23.2 Å². The van der Waals surface area contributed by atoms with E-state index in [4.69, 9.17) is 23.2 Å². The summed E-state index contributed by atoms with van der Waals surface area (Å²) >= 11 is 12.3. The lowest BCUT2D eigenvalue weighted by Gasteiger charge is -2.41. The first kappa shape index (κ1) is 34.7. The maximum absolute atomic E-state index is 6.18. The lowest BCUT2D eigenvalue weighted by atomic mass is 9.64. The zero-order valence-corrected chi connectivity index (χ0v) is 29.2. The van der Waals surface area contributed by atoms with Crippen molar-refractivity contribution in [1.29, 1.82) is 0 Å². The molecular weight excluding hydrogens is 551 g/mol. The van der Waals surface area contributed by atoms with Gasteiger partial charge in [-0.2, -0.15) is 0 Å². The molecule has 0 saturated carbocycles. The van der Waals surface area contributed by atoms with E-state index >= 15 is 0 Å². The van der Waals surface area contributed by atoms with E-state index in [1.807, 2.05) is 0 Å². The summed E-state index contributed by atoms with van der Waals surface area (Å²) in [5, 5.41) is 0. The number of benzene rings is 3. The highest BCUT2D eigenvalue weighted by atomic mass is 35.5. The quantitative estimate of drug-likeness (QED) is 0.151. The van der Waals surface area contributed by atoms with Gasteiger partial charge in [-0.1, -0.05) is 134 Å². The third kappa shape index (κ3) is 10.2. The molecule has 0 N–H and O–H groups in total. The Labute approximate surface area is 268 Å². The molecule has 3 aromatic rings. The Balaban J connectivity index is 1.85. The van der Waals surface area contributed by atoms with Gasteiger partial charge in [0.2, 0.25) is 0 Å². The van der Waals surface area contributed by atoms with Crippen molar-refractivity contribution in [2.75, 3.05) is 0 Å². The largest absolute Gasteiger partial charge is 0.122 e. The molecule has 0 fully saturated rings. The van der Waals surface area contributed by atoms with Crippen LogP contribution in [0.2, 0.25) is 0 Å². The van der Waals surface area contributed by atoms with Gasteiger partial charge >= 0.3 is 0 Å². The minimum Gasteiger partial charge on any atom is -0.122 e. The standard InChI is InChI=1S/C40H56Cl2/c1-30(35-16-12-13-32(27-35)29-42)21-25-39(5,6)37(34-19-17-31(28-41)18-20-34)23-26-40(7,8)36(22-24-38(2,3)4)33-14-10-9-11-15-33/h9-20,27,30,36-37H,21-26,28-29H2,1-8H3. The Hall–Kier alpha value is -1.76. The average Bonchev–Trinajstić information content (AvgIpc) is 2.96. The molecule has 2 heteroatoms. The van der Waals surface area contributed by atoms with Crippen LogP contribution in [0.25, 0.3) is 0 Å². The molecular formula is C40H56Cl2. The fraction of sp³-hybridized carbons (Fsp3) is 0.550. The minimum atomic E-state index is 0.157. The normalized spacial score (nSPS) is 14.9. The van der Waals surface area contributed by atoms with Crippen LogP contribution in [-0.2, 0) is 11.8 Å². The summed E-state index contributed by atoms with van der Waals surface area (Å²) < 4.78 is 0. The number of halogens is 2. The van der Waals surface area contributed by atoms with E-state index in [0.29, 0.717) is 34.9 Å². The zero-order chi connectivity index (χ0) is 31.0. The van der Waals surface area contributed by atoms with Crippen LogP contribution in [0.4, 0.5) is 0 Å². The predicted octanol–water partition coefficient (Wildman–Crippen LogP) is 13.3. The van der Waals surface area contributed by atoms with Crippen molar-refractivity contribution in [3.05, 3.63) is 107 Å². The second kappa shape index (κ2) is 15.3. The molecule has 0 amide bonds. The first-order valence-corrected chi connectivity index (χ1v) is 17.2. The maximum Gasteiger partial charge on any atom is 0.0474 e. The summed E-state index contributed by atoms with van der Waals surface area (Å²) in [5.41, 5.74) is 7.41. The van der Waals surface area contributed by atoms with E-state index in [9.17, 15) is 0 Å². The summed E-state index contributed by atoms with van der Waals surface area (Å²) in [7, 11) is 0. The van der Waals surface area contributed by atoms with Crippen LogP contribution in [0.15, 0.2) is 78.9 Å². The zero-order valence-electron chi connectivity index (χ0n) is 27.7. The first-order valence-electron chi connectivity index (χ1n) is 16.1. The number of alkyl halides is 2. The molecule has 0 heterocycles. The molecule has 3 rings (SSSR count). The highest BCUT2D eigenvalue weighted by molar-refractivity contribution is 6.17. The summed E-state index contributed by atoms with van der Waals surface area (Å²) in [6.07, 6.45) is 7.15. The SMILES string of the molecule is CC(CCC(C)(C)C(CCC(C)(C)C(CCC(C)(C)C)c1ccccc1)c1ccc(CCl)cc1)c1cccc(CCl)c1. The Morgan fingerprint density at radius 3 is 1.57 bits per heavy atom. The highest BCUT2D eigenvalue weighted by Crippen LogP contribution is 2.49. The van der Waals surface area contributed by atoms with Gasteiger partial charge in [-0.25, -0.2) is 0 Å². The molecule has 0 bridgehead atoms. The van der Waals surface area contributed by atoms with E-state index in [0.717, 1.165) is 6.42 Å². The molecule has 3 aromatic carbocycles. The predicted molar refractivity (Wildman–Crippen MR) is 187 cm³/mol. The maximum atomic E-state index is 6.18. The van der Waals surface area contributed by atoms with Crippen molar-refractivity contribution in [2.45, 2.75) is 123 Å². The molecule has 230 valence electrons. The van der Waals surface area contributed by atoms with E-state index in [1.54, 1.807) is 0 Å². The van der Waals surface area contributed by atoms with Gasteiger partial charge < -0.3 is 0 Å². The number of rotatable bonds is 15. The van der Waals surface area contributed by atoms with Gasteiger partial charge in [0.1, 0.15) is 0 Å². The molecule has 0 aliphatic carbocycles. The van der Waals surface area contributed by atoms with Crippen molar-refractivity contribution in [2.24, 2.45) is 16.2 Å². The van der Waals surface area contributed by atoms with E-state index in [1.165, 1.54) is 59.9 Å². The molecule has 3 atom stereocenters. The van der Waals surface area contributed by atoms with Crippen LogP contribution in [0.5, 0.6) is 0 Å². The molecule has 0 aliphatic rings. The Kier molecular flexibility index (Phi) is 12.7. The lowest BCUT2D eigenvalue weighted by Crippen LogP contribution is -2.28. The van der Waals surface area contributed by atoms with Crippen LogP contribution in [0.1, 0.15) is 139 Å². The second-order valence-electron chi connectivity index (χ2n) is 15.3. The van der Waals surface area contributed by atoms with Crippen molar-refractivity contribution in [3.8, 4) is 0 Å². The summed E-state index contributed by atoms with van der Waals surface area (Å²) in [6, 6.07) is 29.2. The van der Waals surface area contributed by atoms with E-state index in [-0.39, 0.29) is 10.8 Å². The van der Waals surface area contributed by atoms with Crippen molar-refractivity contribution in [1.82, 2.24) is 0 Å². The Morgan fingerprint density at radius 2 is 1.02 bits per heavy atom. The van der Waals surface area contributed by atoms with Crippen LogP contribution < -0.4 is 0 Å². The van der Waals surface area contributed by atoms with Crippen molar-refractivity contribution < 1.29 is 0 Å². The smallest absolute Gasteiger partial charge is 0.0474 e. The van der Waals surface area contributed by atoms with Gasteiger partial charge in [0.05, 0.1) is 0 Å². The monoisotopic (exact) mass is 606 g/mol. The average molecular weight is 608 g/mol. The van der Waals surface area contributed by atoms with Crippen LogP contribution in [-0.4, -0.2) is 0 Å². The molecule has 3 unspecified atom stereocenters. The van der Waals surface area contributed by atoms with Gasteiger partial charge in [0.15, 0.2) is 0 Å². The third-order valence-corrected chi connectivity index (χ3v) is 10.4. The van der Waals surface area contributed by atoms with Gasteiger partial charge in [0.25, 0.3) is 0 Å². The molecule has 0 aliphatic heterocycles. The second-order valence-corrected chi connectivity index (χ2v) is 15.9. The van der Waals surface area contributed by atoms with Crippen LogP contribution in [0, 0.1) is 16.2 Å². The fourth-order valence-corrected chi connectivity index (χ4v) is 7.07. The minimum absolute atomic E-state index is 0.157. The van der Waals surface area contributed by atoms with Crippen LogP contribution in [0.3, 0.4) is 0 Å². The lowest BCUT2D eigenvalue weighted by molar-refractivity contribution is 0.178. The number of hydrogen-bond acceptors (Lipinski definition) is 0. The van der Waals surface area contributed by atoms with Gasteiger partial charge in [-0.3, -0.25) is 0 Å². The first-order chi connectivity index (χ1) is 19.8. The third-order valence-electron chi connectivity index (χ3n) is 9.78. The molecule has 0 aromatic heterocycles. The summed E-state index contributed by atoms with van der Waals surface area (Å²) in [6.45, 7) is 19.5. The van der Waals surface area contributed by atoms with E-state index < -0.39 is 0 Å².